The van der Waals surface area contributed by atoms with Crippen molar-refractivity contribution in [3.05, 3.63) is 44.9 Å². The van der Waals surface area contributed by atoms with E-state index in [0.717, 1.165) is 5.01 Å². The molecular weight excluding hydrogens is 426 g/mol. The lowest BCUT2D eigenvalue weighted by atomic mass is 10.2. The Morgan fingerprint density at radius 2 is 1.77 bits per heavy atom. The molecule has 1 aromatic heterocycles. The highest BCUT2D eigenvalue weighted by molar-refractivity contribution is 7.13. The van der Waals surface area contributed by atoms with Gasteiger partial charge in [0.25, 0.3) is 5.91 Å². The predicted molar refractivity (Wildman–Crippen MR) is 116 cm³/mol. The zero-order chi connectivity index (χ0) is 21.7. The van der Waals surface area contributed by atoms with Gasteiger partial charge in [-0.1, -0.05) is 25.4 Å². The molecule has 2 heterocycles. The molecule has 1 aromatic carbocycles. The molecule has 2 aromatic rings. The van der Waals surface area contributed by atoms with Crippen LogP contribution < -0.4 is 4.74 Å². The van der Waals surface area contributed by atoms with E-state index in [1.54, 1.807) is 34.1 Å². The Kier molecular flexibility index (Phi) is 7.55. The van der Waals surface area contributed by atoms with Crippen molar-refractivity contribution < 1.29 is 19.1 Å². The zero-order valence-corrected chi connectivity index (χ0v) is 19.0. The molecular formula is C21H26ClN3O4S. The summed E-state index contributed by atoms with van der Waals surface area (Å²) in [6.07, 6.45) is -0.314. The predicted octanol–water partition coefficient (Wildman–Crippen LogP) is 4.23. The van der Waals surface area contributed by atoms with Gasteiger partial charge in [0.05, 0.1) is 12.3 Å². The van der Waals surface area contributed by atoms with Crippen molar-refractivity contribution in [3.8, 4) is 5.75 Å². The maximum absolute atomic E-state index is 12.9. The molecule has 2 amide bonds. The lowest BCUT2D eigenvalue weighted by Gasteiger charge is -2.34. The van der Waals surface area contributed by atoms with Crippen LogP contribution >= 0.6 is 22.9 Å². The highest BCUT2D eigenvalue weighted by Gasteiger charge is 2.28. The molecule has 1 aliphatic heterocycles. The van der Waals surface area contributed by atoms with Gasteiger partial charge in [0.1, 0.15) is 22.2 Å². The maximum atomic E-state index is 12.9. The van der Waals surface area contributed by atoms with Gasteiger partial charge in [-0.15, -0.1) is 11.3 Å². The number of thiazole rings is 1. The summed E-state index contributed by atoms with van der Waals surface area (Å²) in [6, 6.07) is 7.11. The maximum Gasteiger partial charge on any atom is 0.409 e. The number of benzene rings is 1. The highest BCUT2D eigenvalue weighted by Crippen LogP contribution is 2.23. The Morgan fingerprint density at radius 3 is 2.40 bits per heavy atom. The molecule has 162 valence electrons. The molecule has 1 saturated heterocycles. The fourth-order valence-electron chi connectivity index (χ4n) is 2.95. The number of carbonyl (C=O) groups excluding carboxylic acids is 2. The summed E-state index contributed by atoms with van der Waals surface area (Å²) >= 11 is 7.22. The highest BCUT2D eigenvalue weighted by atomic mass is 35.5. The van der Waals surface area contributed by atoms with Gasteiger partial charge >= 0.3 is 6.09 Å². The summed E-state index contributed by atoms with van der Waals surface area (Å²) in [7, 11) is 0. The first kappa shape index (κ1) is 22.4. The summed E-state index contributed by atoms with van der Waals surface area (Å²) in [5.41, 5.74) is 0.693. The molecule has 0 unspecified atom stereocenters. The summed E-state index contributed by atoms with van der Waals surface area (Å²) in [5.74, 6) is 0.933. The standard InChI is InChI=1S/C21H26ClN3O4S/c1-14(2)12-29-21(27)25-10-8-24(9-11-25)20(26)19-15(3)23-18(30-19)13-28-17-6-4-16(22)5-7-17/h4-7,14H,8-13H2,1-3H3. The number of hydrogen-bond acceptors (Lipinski definition) is 6. The molecule has 1 fully saturated rings. The van der Waals surface area contributed by atoms with Crippen molar-refractivity contribution in [2.45, 2.75) is 27.4 Å². The molecule has 7 nitrogen and oxygen atoms in total. The van der Waals surface area contributed by atoms with Crippen LogP contribution in [0.2, 0.25) is 5.02 Å². The Labute approximate surface area is 185 Å². The van der Waals surface area contributed by atoms with Crippen LogP contribution in [0.5, 0.6) is 5.75 Å². The van der Waals surface area contributed by atoms with Crippen molar-refractivity contribution >= 4 is 34.9 Å². The molecule has 0 saturated carbocycles. The first-order chi connectivity index (χ1) is 14.3. The first-order valence-corrected chi connectivity index (χ1v) is 11.1. The van der Waals surface area contributed by atoms with Crippen LogP contribution in [0, 0.1) is 12.8 Å². The van der Waals surface area contributed by atoms with E-state index in [-0.39, 0.29) is 18.6 Å². The molecule has 9 heteroatoms. The summed E-state index contributed by atoms with van der Waals surface area (Å²) in [6.45, 7) is 8.39. The lowest BCUT2D eigenvalue weighted by molar-refractivity contribution is 0.0538. The van der Waals surface area contributed by atoms with E-state index in [1.807, 2.05) is 20.8 Å². The summed E-state index contributed by atoms with van der Waals surface area (Å²) in [4.78, 5) is 33.5. The second kappa shape index (κ2) is 10.1. The number of rotatable bonds is 6. The molecule has 1 aliphatic rings. The van der Waals surface area contributed by atoms with Gasteiger partial charge < -0.3 is 19.3 Å². The quantitative estimate of drug-likeness (QED) is 0.657. The van der Waals surface area contributed by atoms with Gasteiger partial charge in [0.15, 0.2) is 0 Å². The molecule has 0 spiro atoms. The van der Waals surface area contributed by atoms with Crippen molar-refractivity contribution in [3.63, 3.8) is 0 Å². The number of carbonyl (C=O) groups is 2. The van der Waals surface area contributed by atoms with Gasteiger partial charge in [-0.3, -0.25) is 4.79 Å². The van der Waals surface area contributed by atoms with Crippen LogP contribution in [0.3, 0.4) is 0 Å². The van der Waals surface area contributed by atoms with Crippen molar-refractivity contribution in [2.75, 3.05) is 32.8 Å². The third-order valence-corrected chi connectivity index (χ3v) is 5.95. The number of aromatic nitrogens is 1. The van der Waals surface area contributed by atoms with Crippen LogP contribution in [-0.4, -0.2) is 59.6 Å². The third-order valence-electron chi connectivity index (χ3n) is 4.58. The van der Waals surface area contributed by atoms with Crippen molar-refractivity contribution in [1.29, 1.82) is 0 Å². The fourth-order valence-corrected chi connectivity index (χ4v) is 4.03. The van der Waals surface area contributed by atoms with Crippen LogP contribution in [0.25, 0.3) is 0 Å². The molecule has 0 radical (unpaired) electrons. The van der Waals surface area contributed by atoms with Crippen molar-refractivity contribution in [1.82, 2.24) is 14.8 Å². The van der Waals surface area contributed by atoms with E-state index in [1.165, 1.54) is 11.3 Å². The Hall–Kier alpha value is -2.32. The number of nitrogens with zero attached hydrogens (tertiary/aromatic N) is 3. The Bertz CT molecular complexity index is 877. The minimum atomic E-state index is -0.314. The Morgan fingerprint density at radius 1 is 1.13 bits per heavy atom. The molecule has 0 bridgehead atoms. The minimum Gasteiger partial charge on any atom is -0.486 e. The second-order valence-corrected chi connectivity index (χ2v) is 9.03. The van der Waals surface area contributed by atoms with Crippen LogP contribution in [-0.2, 0) is 11.3 Å². The van der Waals surface area contributed by atoms with E-state index < -0.39 is 0 Å². The van der Waals surface area contributed by atoms with Crippen molar-refractivity contribution in [2.24, 2.45) is 5.92 Å². The van der Waals surface area contributed by atoms with Crippen LogP contribution in [0.1, 0.15) is 34.2 Å². The summed E-state index contributed by atoms with van der Waals surface area (Å²) < 4.78 is 11.0. The monoisotopic (exact) mass is 451 g/mol. The van der Waals surface area contributed by atoms with Gasteiger partial charge in [-0.25, -0.2) is 9.78 Å². The Balaban J connectivity index is 1.53. The van der Waals surface area contributed by atoms with Gasteiger partial charge in [-0.2, -0.15) is 0 Å². The van der Waals surface area contributed by atoms with E-state index in [4.69, 9.17) is 21.1 Å². The molecule has 0 N–H and O–H groups in total. The smallest absolute Gasteiger partial charge is 0.409 e. The average molecular weight is 452 g/mol. The number of aryl methyl sites for hydroxylation is 1. The molecule has 3 rings (SSSR count). The number of halogens is 1. The zero-order valence-electron chi connectivity index (χ0n) is 17.4. The normalized spacial score (nSPS) is 14.2. The van der Waals surface area contributed by atoms with Crippen LogP contribution in [0.15, 0.2) is 24.3 Å². The number of hydrogen-bond donors (Lipinski definition) is 0. The SMILES string of the molecule is Cc1nc(COc2ccc(Cl)cc2)sc1C(=O)N1CCN(C(=O)OCC(C)C)CC1. The van der Waals surface area contributed by atoms with Crippen LogP contribution in [0.4, 0.5) is 4.79 Å². The van der Waals surface area contributed by atoms with Gasteiger partial charge in [0, 0.05) is 31.2 Å². The van der Waals surface area contributed by atoms with Gasteiger partial charge in [-0.05, 0) is 37.1 Å². The molecule has 30 heavy (non-hydrogen) atoms. The number of ether oxygens (including phenoxy) is 2. The van der Waals surface area contributed by atoms with E-state index in [9.17, 15) is 9.59 Å². The topological polar surface area (TPSA) is 72.0 Å². The molecule has 0 atom stereocenters. The largest absolute Gasteiger partial charge is 0.486 e. The number of amides is 2. The third kappa shape index (κ3) is 5.86. The minimum absolute atomic E-state index is 0.0575. The second-order valence-electron chi connectivity index (χ2n) is 7.51. The average Bonchev–Trinajstić information content (AvgIpc) is 3.11. The van der Waals surface area contributed by atoms with E-state index in [0.29, 0.717) is 60.0 Å². The fraction of sp³-hybridized carbons (Fsp3) is 0.476. The van der Waals surface area contributed by atoms with E-state index >= 15 is 0 Å². The number of piperazine rings is 1. The molecule has 0 aliphatic carbocycles. The van der Waals surface area contributed by atoms with Gasteiger partial charge in [0.2, 0.25) is 0 Å². The first-order valence-electron chi connectivity index (χ1n) is 9.89. The summed E-state index contributed by atoms with van der Waals surface area (Å²) in [5, 5.41) is 1.38. The lowest BCUT2D eigenvalue weighted by Crippen LogP contribution is -2.50. The van der Waals surface area contributed by atoms with E-state index in [2.05, 4.69) is 4.98 Å².